The van der Waals surface area contributed by atoms with Gasteiger partial charge in [0.1, 0.15) is 17.9 Å². The van der Waals surface area contributed by atoms with Crippen molar-refractivity contribution in [1.29, 1.82) is 0 Å². The van der Waals surface area contributed by atoms with E-state index in [9.17, 15) is 18.0 Å². The number of rotatable bonds is 6. The van der Waals surface area contributed by atoms with Crippen LogP contribution in [0.5, 0.6) is 5.75 Å². The third-order valence-corrected chi connectivity index (χ3v) is 6.77. The summed E-state index contributed by atoms with van der Waals surface area (Å²) >= 11 is 0. The summed E-state index contributed by atoms with van der Waals surface area (Å²) in [6.45, 7) is 1.41. The van der Waals surface area contributed by atoms with Crippen molar-refractivity contribution >= 4 is 17.2 Å². The SMILES string of the molecule is COCC1CCN(c2ccn3c(-c4cc5c(c(OC)c4)C(=O)N(CC(F)(F)F)CC5)cnc3c2)C1. The van der Waals surface area contributed by atoms with Crippen LogP contribution < -0.4 is 9.64 Å². The number of anilines is 1. The van der Waals surface area contributed by atoms with Crippen LogP contribution in [0.4, 0.5) is 18.9 Å². The lowest BCUT2D eigenvalue weighted by molar-refractivity contribution is -0.141. The first-order valence-corrected chi connectivity index (χ1v) is 11.6. The van der Waals surface area contributed by atoms with E-state index in [1.165, 1.54) is 7.11 Å². The van der Waals surface area contributed by atoms with E-state index in [0.29, 0.717) is 17.9 Å². The van der Waals surface area contributed by atoms with Crippen LogP contribution in [-0.2, 0) is 11.2 Å². The highest BCUT2D eigenvalue weighted by molar-refractivity contribution is 6.00. The molecule has 1 fully saturated rings. The molecule has 7 nitrogen and oxygen atoms in total. The Morgan fingerprint density at radius 3 is 2.74 bits per heavy atom. The van der Waals surface area contributed by atoms with Crippen LogP contribution in [0.25, 0.3) is 16.9 Å². The van der Waals surface area contributed by atoms with Crippen LogP contribution >= 0.6 is 0 Å². The second-order valence-corrected chi connectivity index (χ2v) is 9.12. The van der Waals surface area contributed by atoms with Crippen LogP contribution in [0.3, 0.4) is 0 Å². The molecule has 0 saturated carbocycles. The van der Waals surface area contributed by atoms with Gasteiger partial charge in [0.15, 0.2) is 0 Å². The maximum absolute atomic E-state index is 12.9. The minimum Gasteiger partial charge on any atom is -0.496 e. The lowest BCUT2D eigenvalue weighted by atomic mass is 9.94. The normalized spacial score (nSPS) is 18.4. The van der Waals surface area contributed by atoms with E-state index >= 15 is 0 Å². The molecule has 0 N–H and O–H groups in total. The van der Waals surface area contributed by atoms with Gasteiger partial charge in [0, 0.05) is 56.2 Å². The third-order valence-electron chi connectivity index (χ3n) is 6.77. The van der Waals surface area contributed by atoms with Gasteiger partial charge in [-0.3, -0.25) is 9.20 Å². The molecule has 2 aliphatic heterocycles. The molecule has 1 unspecified atom stereocenters. The zero-order valence-corrected chi connectivity index (χ0v) is 19.6. The third kappa shape index (κ3) is 4.54. The van der Waals surface area contributed by atoms with Crippen molar-refractivity contribution < 1.29 is 27.4 Å². The number of carbonyl (C=O) groups is 1. The van der Waals surface area contributed by atoms with E-state index in [1.807, 2.05) is 22.7 Å². The number of fused-ring (bicyclic) bond motifs is 2. The maximum Gasteiger partial charge on any atom is 0.406 e. The van der Waals surface area contributed by atoms with Crippen molar-refractivity contribution in [3.63, 3.8) is 0 Å². The molecule has 2 aliphatic rings. The Labute approximate surface area is 201 Å². The Balaban J connectivity index is 1.45. The minimum absolute atomic E-state index is 0.00830. The van der Waals surface area contributed by atoms with E-state index < -0.39 is 18.6 Å². The minimum atomic E-state index is -4.45. The van der Waals surface area contributed by atoms with Gasteiger partial charge in [0.2, 0.25) is 0 Å². The van der Waals surface area contributed by atoms with Gasteiger partial charge in [-0.05, 0) is 36.6 Å². The number of amides is 1. The standard InChI is InChI=1S/C25H27F3N4O3/c1-34-14-16-3-6-30(13-16)19-5-8-32-20(12-29-22(32)11-19)18-9-17-4-7-31(15-25(26,27)28)24(33)23(17)21(10-18)35-2/h5,8-12,16H,3-4,6-7,13-15H2,1-2H3. The van der Waals surface area contributed by atoms with Gasteiger partial charge in [0.25, 0.3) is 5.91 Å². The molecule has 0 bridgehead atoms. The maximum atomic E-state index is 12.9. The molecular weight excluding hydrogens is 461 g/mol. The highest BCUT2D eigenvalue weighted by atomic mass is 19.4. The summed E-state index contributed by atoms with van der Waals surface area (Å²) in [6.07, 6.45) is 0.694. The molecule has 4 heterocycles. The van der Waals surface area contributed by atoms with Crippen molar-refractivity contribution in [2.45, 2.75) is 19.0 Å². The van der Waals surface area contributed by atoms with Crippen LogP contribution in [-0.4, -0.2) is 73.4 Å². The molecule has 5 rings (SSSR count). The number of pyridine rings is 1. The molecule has 0 radical (unpaired) electrons. The first-order chi connectivity index (χ1) is 16.8. The molecule has 1 saturated heterocycles. The molecule has 0 spiro atoms. The Morgan fingerprint density at radius 1 is 1.17 bits per heavy atom. The van der Waals surface area contributed by atoms with Crippen LogP contribution in [0.15, 0.2) is 36.7 Å². The number of imidazole rings is 1. The second kappa shape index (κ2) is 9.07. The predicted molar refractivity (Wildman–Crippen MR) is 125 cm³/mol. The summed E-state index contributed by atoms with van der Waals surface area (Å²) in [7, 11) is 3.15. The fourth-order valence-corrected chi connectivity index (χ4v) is 5.12. The number of ether oxygens (including phenoxy) is 2. The van der Waals surface area contributed by atoms with Crippen molar-refractivity contribution in [2.24, 2.45) is 5.92 Å². The molecule has 1 aromatic carbocycles. The van der Waals surface area contributed by atoms with E-state index in [2.05, 4.69) is 16.0 Å². The summed E-state index contributed by atoms with van der Waals surface area (Å²) in [5.41, 5.74) is 4.37. The monoisotopic (exact) mass is 488 g/mol. The van der Waals surface area contributed by atoms with E-state index in [0.717, 1.165) is 53.6 Å². The number of benzene rings is 1. The lowest BCUT2D eigenvalue weighted by Crippen LogP contribution is -2.43. The first kappa shape index (κ1) is 23.5. The number of nitrogens with zero attached hydrogens (tertiary/aromatic N) is 4. The van der Waals surface area contributed by atoms with Gasteiger partial charge in [0.05, 0.1) is 31.2 Å². The van der Waals surface area contributed by atoms with Gasteiger partial charge in [-0.15, -0.1) is 0 Å². The summed E-state index contributed by atoms with van der Waals surface area (Å²) < 4.78 is 51.4. The number of hydrogen-bond acceptors (Lipinski definition) is 5. The smallest absolute Gasteiger partial charge is 0.406 e. The summed E-state index contributed by atoms with van der Waals surface area (Å²) in [5.74, 6) is 0.124. The molecular formula is C25H27F3N4O3. The highest BCUT2D eigenvalue weighted by Crippen LogP contribution is 2.35. The number of halogens is 3. The number of hydrogen-bond donors (Lipinski definition) is 0. The number of alkyl halides is 3. The van der Waals surface area contributed by atoms with Crippen LogP contribution in [0.1, 0.15) is 22.3 Å². The Hall–Kier alpha value is -3.27. The van der Waals surface area contributed by atoms with Gasteiger partial charge >= 0.3 is 6.18 Å². The van der Waals surface area contributed by atoms with Crippen LogP contribution in [0.2, 0.25) is 0 Å². The number of aromatic nitrogens is 2. The first-order valence-electron chi connectivity index (χ1n) is 11.6. The molecule has 1 amide bonds. The Bertz CT molecular complexity index is 1240. The Morgan fingerprint density at radius 2 is 2.00 bits per heavy atom. The van der Waals surface area contributed by atoms with Crippen molar-refractivity contribution in [1.82, 2.24) is 14.3 Å². The summed E-state index contributed by atoms with van der Waals surface area (Å²) in [5, 5.41) is 0. The fourth-order valence-electron chi connectivity index (χ4n) is 5.12. The molecule has 186 valence electrons. The summed E-state index contributed by atoms with van der Waals surface area (Å²) in [6, 6.07) is 7.66. The van der Waals surface area contributed by atoms with Gasteiger partial charge < -0.3 is 19.3 Å². The van der Waals surface area contributed by atoms with Gasteiger partial charge in [-0.2, -0.15) is 13.2 Å². The zero-order chi connectivity index (χ0) is 24.7. The van der Waals surface area contributed by atoms with Gasteiger partial charge in [-0.25, -0.2) is 4.98 Å². The van der Waals surface area contributed by atoms with Crippen molar-refractivity contribution in [3.05, 3.63) is 47.8 Å². The zero-order valence-electron chi connectivity index (χ0n) is 19.6. The largest absolute Gasteiger partial charge is 0.496 e. The number of methoxy groups -OCH3 is 2. The molecule has 0 aliphatic carbocycles. The topological polar surface area (TPSA) is 59.3 Å². The molecule has 3 aromatic rings. The van der Waals surface area contributed by atoms with E-state index in [4.69, 9.17) is 9.47 Å². The quantitative estimate of drug-likeness (QED) is 0.524. The van der Waals surface area contributed by atoms with Crippen molar-refractivity contribution in [3.8, 4) is 17.0 Å². The van der Waals surface area contributed by atoms with E-state index in [-0.39, 0.29) is 17.9 Å². The lowest BCUT2D eigenvalue weighted by Gasteiger charge is -2.30. The second-order valence-electron chi connectivity index (χ2n) is 9.12. The summed E-state index contributed by atoms with van der Waals surface area (Å²) in [4.78, 5) is 20.6. The van der Waals surface area contributed by atoms with Crippen molar-refractivity contribution in [2.75, 3.05) is 51.9 Å². The highest BCUT2D eigenvalue weighted by Gasteiger charge is 2.37. The van der Waals surface area contributed by atoms with E-state index in [1.54, 1.807) is 19.4 Å². The predicted octanol–water partition coefficient (Wildman–Crippen LogP) is 4.04. The molecule has 10 heteroatoms. The molecule has 2 aromatic heterocycles. The molecule has 1 atom stereocenters. The average Bonchev–Trinajstić information content (AvgIpc) is 3.46. The number of carbonyl (C=O) groups excluding carboxylic acids is 1. The fraction of sp³-hybridized carbons (Fsp3) is 0.440. The van der Waals surface area contributed by atoms with Crippen LogP contribution in [0, 0.1) is 5.92 Å². The Kier molecular flexibility index (Phi) is 6.08. The molecule has 35 heavy (non-hydrogen) atoms. The van der Waals surface area contributed by atoms with Gasteiger partial charge in [-0.1, -0.05) is 0 Å². The average molecular weight is 489 g/mol.